The molecule has 1 aromatic heterocycles. The summed E-state index contributed by atoms with van der Waals surface area (Å²) < 4.78 is 0. The number of hydrogen-bond acceptors (Lipinski definition) is 4. The lowest BCUT2D eigenvalue weighted by Gasteiger charge is -2.27. The minimum atomic E-state index is -0.0299. The first-order valence-corrected chi connectivity index (χ1v) is 7.41. The number of anilines is 1. The van der Waals surface area contributed by atoms with Crippen molar-refractivity contribution in [2.24, 2.45) is 5.84 Å². The number of aromatic nitrogens is 1. The summed E-state index contributed by atoms with van der Waals surface area (Å²) in [6, 6.07) is 3.52. The number of pyridine rings is 1. The Morgan fingerprint density at radius 2 is 2.00 bits per heavy atom. The molecule has 1 heterocycles. The highest BCUT2D eigenvalue weighted by molar-refractivity contribution is 6.29. The molecule has 20 heavy (non-hydrogen) atoms. The van der Waals surface area contributed by atoms with Gasteiger partial charge >= 0.3 is 0 Å². The molecule has 5 nitrogen and oxygen atoms in total. The summed E-state index contributed by atoms with van der Waals surface area (Å²) in [5, 5.41) is 0.262. The van der Waals surface area contributed by atoms with Gasteiger partial charge in [0.1, 0.15) is 11.0 Å². The molecule has 0 unspecified atom stereocenters. The van der Waals surface area contributed by atoms with Gasteiger partial charge in [0.05, 0.1) is 0 Å². The van der Waals surface area contributed by atoms with Crippen molar-refractivity contribution >= 4 is 23.3 Å². The molecule has 110 valence electrons. The Morgan fingerprint density at radius 3 is 2.60 bits per heavy atom. The molecule has 1 aromatic rings. The van der Waals surface area contributed by atoms with E-state index in [9.17, 15) is 4.79 Å². The summed E-state index contributed by atoms with van der Waals surface area (Å²) in [5.41, 5.74) is 2.94. The molecule has 0 aliphatic heterocycles. The van der Waals surface area contributed by atoms with Crippen LogP contribution in [0.3, 0.4) is 0 Å². The van der Waals surface area contributed by atoms with Crippen LogP contribution in [-0.2, 0) is 0 Å². The number of carbonyl (C=O) groups is 1. The topological polar surface area (TPSA) is 71.2 Å². The summed E-state index contributed by atoms with van der Waals surface area (Å²) in [5.74, 6) is 5.70. The van der Waals surface area contributed by atoms with Crippen LogP contribution in [0.5, 0.6) is 0 Å². The number of nitrogens with zero attached hydrogens (tertiary/aromatic N) is 2. The van der Waals surface area contributed by atoms with Crippen LogP contribution in [0.4, 0.5) is 5.82 Å². The first-order chi connectivity index (χ1) is 9.61. The van der Waals surface area contributed by atoms with Crippen molar-refractivity contribution in [3.05, 3.63) is 22.8 Å². The molecule has 0 atom stereocenters. The number of rotatable bonds is 3. The number of carbonyl (C=O) groups excluding carboxylic acids is 1. The summed E-state index contributed by atoms with van der Waals surface area (Å²) in [6.07, 6.45) is 7.05. The average Bonchev–Trinajstić information content (AvgIpc) is 2.74. The second-order valence-corrected chi connectivity index (χ2v) is 5.66. The summed E-state index contributed by atoms with van der Waals surface area (Å²) >= 11 is 5.91. The van der Waals surface area contributed by atoms with E-state index in [2.05, 4.69) is 10.4 Å². The Labute approximate surface area is 124 Å². The van der Waals surface area contributed by atoms with Crippen LogP contribution >= 0.6 is 11.6 Å². The van der Waals surface area contributed by atoms with E-state index in [4.69, 9.17) is 17.4 Å². The van der Waals surface area contributed by atoms with Crippen LogP contribution < -0.4 is 11.3 Å². The van der Waals surface area contributed by atoms with Crippen LogP contribution in [0.15, 0.2) is 12.1 Å². The zero-order valence-corrected chi connectivity index (χ0v) is 12.5. The molecular weight excluding hydrogens is 276 g/mol. The van der Waals surface area contributed by atoms with Crippen LogP contribution in [0.2, 0.25) is 5.15 Å². The fraction of sp³-hybridized carbons (Fsp3) is 0.571. The van der Waals surface area contributed by atoms with Crippen molar-refractivity contribution in [2.75, 3.05) is 12.5 Å². The summed E-state index contributed by atoms with van der Waals surface area (Å²) in [6.45, 7) is 0. The fourth-order valence-electron chi connectivity index (χ4n) is 2.71. The Hall–Kier alpha value is -1.33. The predicted molar refractivity (Wildman–Crippen MR) is 80.6 cm³/mol. The van der Waals surface area contributed by atoms with Gasteiger partial charge in [-0.15, -0.1) is 0 Å². The number of hydrazine groups is 1. The third-order valence-electron chi connectivity index (χ3n) is 3.88. The van der Waals surface area contributed by atoms with Gasteiger partial charge in [-0.2, -0.15) is 0 Å². The van der Waals surface area contributed by atoms with E-state index >= 15 is 0 Å². The molecule has 1 saturated carbocycles. The lowest BCUT2D eigenvalue weighted by molar-refractivity contribution is 0.0717. The van der Waals surface area contributed by atoms with Gasteiger partial charge in [-0.3, -0.25) is 4.79 Å². The molecular formula is C14H21ClN4O. The van der Waals surface area contributed by atoms with Crippen molar-refractivity contribution in [3.63, 3.8) is 0 Å². The maximum absolute atomic E-state index is 12.5. The van der Waals surface area contributed by atoms with E-state index in [-0.39, 0.29) is 11.1 Å². The number of hydrogen-bond donors (Lipinski definition) is 2. The monoisotopic (exact) mass is 296 g/mol. The molecule has 1 aliphatic carbocycles. The van der Waals surface area contributed by atoms with Crippen molar-refractivity contribution < 1.29 is 4.79 Å². The molecule has 1 fully saturated rings. The lowest BCUT2D eigenvalue weighted by Crippen LogP contribution is -2.36. The highest BCUT2D eigenvalue weighted by Crippen LogP contribution is 2.23. The fourth-order valence-corrected chi connectivity index (χ4v) is 2.92. The number of nitrogens with one attached hydrogen (secondary N) is 1. The number of nitrogen functional groups attached to an aromatic ring is 1. The first kappa shape index (κ1) is 15.1. The smallest absolute Gasteiger partial charge is 0.254 e. The van der Waals surface area contributed by atoms with Crippen LogP contribution in [0.1, 0.15) is 48.9 Å². The molecule has 3 N–H and O–H groups in total. The normalized spacial score (nSPS) is 16.6. The minimum Gasteiger partial charge on any atom is -0.339 e. The maximum Gasteiger partial charge on any atom is 0.254 e. The predicted octanol–water partition coefficient (Wildman–Crippen LogP) is 2.82. The third kappa shape index (κ3) is 3.61. The van der Waals surface area contributed by atoms with E-state index in [0.29, 0.717) is 17.4 Å². The van der Waals surface area contributed by atoms with Gasteiger partial charge in [0.2, 0.25) is 0 Å². The summed E-state index contributed by atoms with van der Waals surface area (Å²) in [7, 11) is 1.86. The van der Waals surface area contributed by atoms with Gasteiger partial charge in [0.15, 0.2) is 0 Å². The highest BCUT2D eigenvalue weighted by Gasteiger charge is 2.22. The largest absolute Gasteiger partial charge is 0.339 e. The Kier molecular flexibility index (Phi) is 5.20. The van der Waals surface area contributed by atoms with Crippen molar-refractivity contribution in [1.82, 2.24) is 9.88 Å². The summed E-state index contributed by atoms with van der Waals surface area (Å²) in [4.78, 5) is 18.4. The molecule has 2 rings (SSSR count). The van der Waals surface area contributed by atoms with Crippen molar-refractivity contribution in [2.45, 2.75) is 44.6 Å². The zero-order chi connectivity index (χ0) is 14.5. The molecule has 0 saturated heterocycles. The van der Waals surface area contributed by atoms with E-state index in [1.165, 1.54) is 25.7 Å². The number of halogens is 1. The Bertz CT molecular complexity index is 472. The molecule has 1 amide bonds. The van der Waals surface area contributed by atoms with E-state index < -0.39 is 0 Å². The standard InChI is InChI=1S/C14H21ClN4O/c1-19(11-6-4-2-3-5-7-11)14(20)10-8-12(15)17-13(9-10)18-16/h8-9,11H,2-7,16H2,1H3,(H,17,18). The molecule has 0 radical (unpaired) electrons. The van der Waals surface area contributed by atoms with E-state index in [1.807, 2.05) is 11.9 Å². The zero-order valence-electron chi connectivity index (χ0n) is 11.7. The quantitative estimate of drug-likeness (QED) is 0.389. The molecule has 0 spiro atoms. The van der Waals surface area contributed by atoms with Crippen LogP contribution in [0, 0.1) is 0 Å². The Morgan fingerprint density at radius 1 is 1.35 bits per heavy atom. The second-order valence-electron chi connectivity index (χ2n) is 5.27. The van der Waals surface area contributed by atoms with E-state index in [1.54, 1.807) is 12.1 Å². The van der Waals surface area contributed by atoms with E-state index in [0.717, 1.165) is 12.8 Å². The SMILES string of the molecule is CN(C(=O)c1cc(Cl)nc(NN)c1)C1CCCCCC1. The highest BCUT2D eigenvalue weighted by atomic mass is 35.5. The van der Waals surface area contributed by atoms with Gasteiger partial charge in [-0.25, -0.2) is 10.8 Å². The van der Waals surface area contributed by atoms with Gasteiger partial charge < -0.3 is 10.3 Å². The maximum atomic E-state index is 12.5. The minimum absolute atomic E-state index is 0.0299. The first-order valence-electron chi connectivity index (χ1n) is 7.03. The molecule has 0 bridgehead atoms. The number of nitrogens with two attached hydrogens (primary N) is 1. The van der Waals surface area contributed by atoms with Crippen molar-refractivity contribution in [3.8, 4) is 0 Å². The van der Waals surface area contributed by atoms with Gasteiger partial charge in [0.25, 0.3) is 5.91 Å². The molecule has 0 aromatic carbocycles. The number of amides is 1. The van der Waals surface area contributed by atoms with Gasteiger partial charge in [0, 0.05) is 18.7 Å². The molecule has 1 aliphatic rings. The lowest BCUT2D eigenvalue weighted by atomic mass is 10.1. The Balaban J connectivity index is 2.14. The van der Waals surface area contributed by atoms with Gasteiger partial charge in [-0.05, 0) is 25.0 Å². The molecule has 6 heteroatoms. The second kappa shape index (κ2) is 6.90. The van der Waals surface area contributed by atoms with Gasteiger partial charge in [-0.1, -0.05) is 37.3 Å². The van der Waals surface area contributed by atoms with Crippen LogP contribution in [0.25, 0.3) is 0 Å². The van der Waals surface area contributed by atoms with Crippen molar-refractivity contribution in [1.29, 1.82) is 0 Å². The van der Waals surface area contributed by atoms with Crippen LogP contribution in [-0.4, -0.2) is 28.9 Å². The average molecular weight is 297 g/mol. The third-order valence-corrected chi connectivity index (χ3v) is 4.08.